The molecule has 6 heteroatoms. The summed E-state index contributed by atoms with van der Waals surface area (Å²) in [5.74, 6) is -0.740. The number of carbonyl (C=O) groups excluding carboxylic acids is 3. The molecule has 1 atom stereocenters. The molecule has 0 bridgehead atoms. The van der Waals surface area contributed by atoms with Gasteiger partial charge in [0.05, 0.1) is 6.54 Å². The van der Waals surface area contributed by atoms with Crippen molar-refractivity contribution in [1.82, 2.24) is 14.8 Å². The Bertz CT molecular complexity index is 1310. The highest BCUT2D eigenvalue weighted by molar-refractivity contribution is 6.13. The summed E-state index contributed by atoms with van der Waals surface area (Å²) in [6.07, 6.45) is 1.77. The van der Waals surface area contributed by atoms with Gasteiger partial charge in [0.1, 0.15) is 0 Å². The van der Waals surface area contributed by atoms with Crippen molar-refractivity contribution < 1.29 is 14.4 Å². The number of carbonyl (C=O) groups is 3. The van der Waals surface area contributed by atoms with Gasteiger partial charge in [0.25, 0.3) is 5.91 Å². The van der Waals surface area contributed by atoms with Gasteiger partial charge in [-0.25, -0.2) is 4.79 Å². The van der Waals surface area contributed by atoms with E-state index in [1.54, 1.807) is 12.1 Å². The van der Waals surface area contributed by atoms with Crippen LogP contribution in [-0.4, -0.2) is 33.7 Å². The highest BCUT2D eigenvalue weighted by Gasteiger charge is 2.54. The molecule has 3 aromatic rings. The number of nitrogens with one attached hydrogen (secondary N) is 1. The van der Waals surface area contributed by atoms with Gasteiger partial charge < -0.3 is 9.88 Å². The van der Waals surface area contributed by atoms with Crippen LogP contribution in [0.5, 0.6) is 0 Å². The van der Waals surface area contributed by atoms with Crippen molar-refractivity contribution in [1.29, 1.82) is 0 Å². The Hall–Kier alpha value is -3.93. The maximum atomic E-state index is 13.9. The van der Waals surface area contributed by atoms with Crippen molar-refractivity contribution in [2.24, 2.45) is 0 Å². The van der Waals surface area contributed by atoms with Gasteiger partial charge >= 0.3 is 6.03 Å². The standard InChI is InChI=1S/C28H29N3O3/c1-6-14-30-20(4)16-24(21(30)5)25(32)17-31-26(33)28(29-27(31)34,22-10-8-7-9-11-22)23-13-12-18(2)19(3)15-23/h6-13,15-16H,1,14,17H2,2-5H3,(H,29,34)/t28-/m1/s1. The van der Waals surface area contributed by atoms with Crippen LogP contribution in [-0.2, 0) is 16.9 Å². The molecular weight excluding hydrogens is 426 g/mol. The van der Waals surface area contributed by atoms with Gasteiger partial charge in [-0.1, -0.05) is 54.6 Å². The fourth-order valence-electron chi connectivity index (χ4n) is 4.66. The van der Waals surface area contributed by atoms with Crippen molar-refractivity contribution in [3.05, 3.63) is 106 Å². The fraction of sp³-hybridized carbons (Fsp3) is 0.250. The summed E-state index contributed by atoms with van der Waals surface area (Å²) in [4.78, 5) is 41.4. The Morgan fingerprint density at radius 3 is 2.32 bits per heavy atom. The molecule has 174 valence electrons. The molecule has 1 saturated heterocycles. The summed E-state index contributed by atoms with van der Waals surface area (Å²) in [7, 11) is 0. The molecule has 1 aliphatic rings. The molecule has 0 aliphatic carbocycles. The molecule has 0 radical (unpaired) electrons. The number of imide groups is 1. The zero-order valence-corrected chi connectivity index (χ0v) is 20.0. The normalized spacial score (nSPS) is 17.7. The second kappa shape index (κ2) is 8.78. The molecule has 2 heterocycles. The maximum Gasteiger partial charge on any atom is 0.325 e. The monoisotopic (exact) mass is 455 g/mol. The highest BCUT2D eigenvalue weighted by atomic mass is 16.2. The summed E-state index contributed by atoms with van der Waals surface area (Å²) in [5, 5.41) is 2.92. The SMILES string of the molecule is C=CCn1c(C)cc(C(=O)CN2C(=O)N[C@](c3ccccc3)(c3ccc(C)c(C)c3)C2=O)c1C. The van der Waals surface area contributed by atoms with Crippen LogP contribution in [0.2, 0.25) is 0 Å². The number of hydrogen-bond acceptors (Lipinski definition) is 3. The van der Waals surface area contributed by atoms with Crippen LogP contribution in [0.25, 0.3) is 0 Å². The fourth-order valence-corrected chi connectivity index (χ4v) is 4.66. The molecule has 3 amide bonds. The van der Waals surface area contributed by atoms with E-state index in [4.69, 9.17) is 0 Å². The van der Waals surface area contributed by atoms with E-state index >= 15 is 0 Å². The molecule has 1 N–H and O–H groups in total. The lowest BCUT2D eigenvalue weighted by Gasteiger charge is -2.28. The van der Waals surface area contributed by atoms with E-state index in [0.717, 1.165) is 27.4 Å². The molecule has 34 heavy (non-hydrogen) atoms. The van der Waals surface area contributed by atoms with E-state index in [0.29, 0.717) is 23.2 Å². The number of aryl methyl sites for hydroxylation is 3. The van der Waals surface area contributed by atoms with Gasteiger partial charge in [0.15, 0.2) is 11.3 Å². The van der Waals surface area contributed by atoms with Gasteiger partial charge in [-0.15, -0.1) is 6.58 Å². The first-order valence-corrected chi connectivity index (χ1v) is 11.3. The molecule has 4 rings (SSSR count). The Morgan fingerprint density at radius 1 is 0.971 bits per heavy atom. The van der Waals surface area contributed by atoms with E-state index < -0.39 is 17.5 Å². The quantitative estimate of drug-likeness (QED) is 0.322. The van der Waals surface area contributed by atoms with Crippen LogP contribution < -0.4 is 5.32 Å². The Kier molecular flexibility index (Phi) is 6.00. The number of Topliss-reactive ketones (excluding diaryl/α,β-unsaturated/α-hetero) is 1. The Labute approximate surface area is 199 Å². The number of amides is 3. The minimum atomic E-state index is -1.39. The third kappa shape index (κ3) is 3.65. The van der Waals surface area contributed by atoms with E-state index in [9.17, 15) is 14.4 Å². The first-order valence-electron chi connectivity index (χ1n) is 11.3. The first-order chi connectivity index (χ1) is 16.2. The zero-order chi connectivity index (χ0) is 24.6. The number of allylic oxidation sites excluding steroid dienone is 1. The number of benzene rings is 2. The van der Waals surface area contributed by atoms with Gasteiger partial charge in [-0.05, 0) is 56.0 Å². The van der Waals surface area contributed by atoms with E-state index in [2.05, 4.69) is 11.9 Å². The average molecular weight is 456 g/mol. The zero-order valence-electron chi connectivity index (χ0n) is 20.0. The third-order valence-corrected chi connectivity index (χ3v) is 6.74. The average Bonchev–Trinajstić information content (AvgIpc) is 3.25. The number of aromatic nitrogens is 1. The lowest BCUT2D eigenvalue weighted by molar-refractivity contribution is -0.129. The summed E-state index contributed by atoms with van der Waals surface area (Å²) < 4.78 is 1.98. The minimum absolute atomic E-state index is 0.282. The predicted molar refractivity (Wildman–Crippen MR) is 132 cm³/mol. The largest absolute Gasteiger partial charge is 0.345 e. The summed E-state index contributed by atoms with van der Waals surface area (Å²) >= 11 is 0. The number of hydrogen-bond donors (Lipinski definition) is 1. The van der Waals surface area contributed by atoms with Crippen LogP contribution in [0.1, 0.15) is 44.0 Å². The Morgan fingerprint density at radius 2 is 1.68 bits per heavy atom. The summed E-state index contributed by atoms with van der Waals surface area (Å²) in [5.41, 5.74) is 4.24. The molecule has 1 aromatic heterocycles. The van der Waals surface area contributed by atoms with Crippen LogP contribution in [0, 0.1) is 27.7 Å². The first kappa shape index (κ1) is 23.2. The van der Waals surface area contributed by atoms with Crippen molar-refractivity contribution in [2.45, 2.75) is 39.8 Å². The molecule has 0 unspecified atom stereocenters. The van der Waals surface area contributed by atoms with Crippen molar-refractivity contribution in [2.75, 3.05) is 6.54 Å². The van der Waals surface area contributed by atoms with Crippen molar-refractivity contribution >= 4 is 17.7 Å². The van der Waals surface area contributed by atoms with Crippen LogP contribution >= 0.6 is 0 Å². The van der Waals surface area contributed by atoms with E-state index in [-0.39, 0.29) is 12.3 Å². The molecule has 2 aromatic carbocycles. The third-order valence-electron chi connectivity index (χ3n) is 6.74. The number of urea groups is 1. The van der Waals surface area contributed by atoms with Gasteiger partial charge in [0, 0.05) is 23.5 Å². The number of rotatable bonds is 7. The van der Waals surface area contributed by atoms with Gasteiger partial charge in [-0.2, -0.15) is 0 Å². The molecule has 1 aliphatic heterocycles. The lowest BCUT2D eigenvalue weighted by Crippen LogP contribution is -2.45. The van der Waals surface area contributed by atoms with E-state index in [1.165, 1.54) is 0 Å². The van der Waals surface area contributed by atoms with Crippen molar-refractivity contribution in [3.63, 3.8) is 0 Å². The lowest BCUT2D eigenvalue weighted by atomic mass is 9.81. The molecule has 0 spiro atoms. The summed E-state index contributed by atoms with van der Waals surface area (Å²) in [6.45, 7) is 11.8. The van der Waals surface area contributed by atoms with Crippen molar-refractivity contribution in [3.8, 4) is 0 Å². The van der Waals surface area contributed by atoms with E-state index in [1.807, 2.05) is 80.8 Å². The molecule has 0 saturated carbocycles. The second-order valence-electron chi connectivity index (χ2n) is 8.84. The topological polar surface area (TPSA) is 71.4 Å². The molecule has 6 nitrogen and oxygen atoms in total. The smallest absolute Gasteiger partial charge is 0.325 e. The maximum absolute atomic E-state index is 13.9. The van der Waals surface area contributed by atoms with Crippen LogP contribution in [0.3, 0.4) is 0 Å². The molecular formula is C28H29N3O3. The predicted octanol–water partition coefficient (Wildman–Crippen LogP) is 4.59. The second-order valence-corrected chi connectivity index (χ2v) is 8.84. The van der Waals surface area contributed by atoms with Crippen LogP contribution in [0.4, 0.5) is 4.79 Å². The summed E-state index contributed by atoms with van der Waals surface area (Å²) in [6, 6.07) is 16.1. The minimum Gasteiger partial charge on any atom is -0.345 e. The highest BCUT2D eigenvalue weighted by Crippen LogP contribution is 2.37. The number of ketones is 1. The molecule has 1 fully saturated rings. The Balaban J connectivity index is 1.74. The van der Waals surface area contributed by atoms with Crippen LogP contribution in [0.15, 0.2) is 67.3 Å². The number of nitrogens with zero attached hydrogens (tertiary/aromatic N) is 2. The van der Waals surface area contributed by atoms with Gasteiger partial charge in [0.2, 0.25) is 0 Å². The van der Waals surface area contributed by atoms with Gasteiger partial charge in [-0.3, -0.25) is 14.5 Å².